The van der Waals surface area contributed by atoms with Crippen molar-refractivity contribution in [1.29, 1.82) is 0 Å². The molecule has 0 aromatic carbocycles. The lowest BCUT2D eigenvalue weighted by molar-refractivity contribution is 0.247. The molecule has 0 atom stereocenters. The van der Waals surface area contributed by atoms with Gasteiger partial charge >= 0.3 is 0 Å². The molecule has 2 rings (SSSR count). The summed E-state index contributed by atoms with van der Waals surface area (Å²) in [7, 11) is 0. The Morgan fingerprint density at radius 3 is 2.00 bits per heavy atom. The maximum Gasteiger partial charge on any atom is 0.180 e. The van der Waals surface area contributed by atoms with Gasteiger partial charge in [-0.05, 0) is 25.9 Å². The summed E-state index contributed by atoms with van der Waals surface area (Å²) in [6.07, 6.45) is 19.6. The molecule has 0 saturated carbocycles. The van der Waals surface area contributed by atoms with Gasteiger partial charge in [0, 0.05) is 0 Å². The zero-order chi connectivity index (χ0) is 19.2. The van der Waals surface area contributed by atoms with Crippen LogP contribution in [0.1, 0.15) is 96.7 Å². The van der Waals surface area contributed by atoms with Crippen LogP contribution in [-0.4, -0.2) is 37.9 Å². The zero-order valence-electron chi connectivity index (χ0n) is 17.6. The Balaban J connectivity index is 1.78. The Morgan fingerprint density at radius 1 is 0.815 bits per heavy atom. The van der Waals surface area contributed by atoms with Gasteiger partial charge in [-0.15, -0.1) is 0 Å². The number of aromatic nitrogens is 4. The van der Waals surface area contributed by atoms with Crippen LogP contribution in [-0.2, 0) is 6.54 Å². The maximum atomic E-state index is 4.64. The highest BCUT2D eigenvalue weighted by molar-refractivity contribution is 5.68. The SMILES string of the molecule is CCCCCCCCN(CCCCCCCC)Cc1nc2ncncc2[nH]1. The van der Waals surface area contributed by atoms with Gasteiger partial charge in [-0.2, -0.15) is 0 Å². The monoisotopic (exact) mass is 373 g/mol. The van der Waals surface area contributed by atoms with E-state index in [4.69, 9.17) is 0 Å². The molecule has 0 fully saturated rings. The van der Waals surface area contributed by atoms with Gasteiger partial charge in [-0.3, -0.25) is 4.90 Å². The summed E-state index contributed by atoms with van der Waals surface area (Å²) in [5.41, 5.74) is 1.71. The van der Waals surface area contributed by atoms with Crippen molar-refractivity contribution in [2.45, 2.75) is 97.4 Å². The molecule has 0 aliphatic rings. The lowest BCUT2D eigenvalue weighted by atomic mass is 10.1. The first kappa shape index (κ1) is 21.8. The number of nitrogens with one attached hydrogen (secondary N) is 1. The summed E-state index contributed by atoms with van der Waals surface area (Å²) in [6, 6.07) is 0. The highest BCUT2D eigenvalue weighted by Crippen LogP contribution is 2.12. The van der Waals surface area contributed by atoms with Crippen molar-refractivity contribution in [3.05, 3.63) is 18.3 Å². The van der Waals surface area contributed by atoms with Crippen LogP contribution < -0.4 is 0 Å². The van der Waals surface area contributed by atoms with E-state index in [9.17, 15) is 0 Å². The minimum atomic E-state index is 0.777. The molecule has 0 radical (unpaired) electrons. The van der Waals surface area contributed by atoms with Gasteiger partial charge in [0.05, 0.1) is 12.7 Å². The van der Waals surface area contributed by atoms with Crippen molar-refractivity contribution in [2.24, 2.45) is 0 Å². The van der Waals surface area contributed by atoms with E-state index < -0.39 is 0 Å². The fourth-order valence-electron chi connectivity index (χ4n) is 3.60. The van der Waals surface area contributed by atoms with Gasteiger partial charge in [0.15, 0.2) is 5.65 Å². The molecule has 0 spiro atoms. The van der Waals surface area contributed by atoms with Crippen molar-refractivity contribution in [3.8, 4) is 0 Å². The Morgan fingerprint density at radius 2 is 1.41 bits per heavy atom. The van der Waals surface area contributed by atoms with Crippen molar-refractivity contribution < 1.29 is 0 Å². The lowest BCUT2D eigenvalue weighted by Gasteiger charge is -2.21. The van der Waals surface area contributed by atoms with Crippen LogP contribution in [0.25, 0.3) is 11.2 Å². The Kier molecular flexibility index (Phi) is 11.0. The fourth-order valence-corrected chi connectivity index (χ4v) is 3.60. The molecule has 5 heteroatoms. The highest BCUT2D eigenvalue weighted by atomic mass is 15.2. The number of unbranched alkanes of at least 4 members (excludes halogenated alkanes) is 10. The van der Waals surface area contributed by atoms with Gasteiger partial charge < -0.3 is 4.98 Å². The van der Waals surface area contributed by atoms with Crippen LogP contribution in [0.3, 0.4) is 0 Å². The van der Waals surface area contributed by atoms with Gasteiger partial charge in [0.2, 0.25) is 0 Å². The van der Waals surface area contributed by atoms with E-state index in [-0.39, 0.29) is 0 Å². The smallest absolute Gasteiger partial charge is 0.180 e. The number of H-pyrrole nitrogens is 1. The number of rotatable bonds is 16. The molecular formula is C22H39N5. The van der Waals surface area contributed by atoms with Crippen LogP contribution in [0.4, 0.5) is 0 Å². The molecule has 0 aliphatic heterocycles. The zero-order valence-corrected chi connectivity index (χ0v) is 17.6. The number of nitrogens with zero attached hydrogens (tertiary/aromatic N) is 4. The van der Waals surface area contributed by atoms with E-state index in [2.05, 4.69) is 38.7 Å². The predicted molar refractivity (Wildman–Crippen MR) is 114 cm³/mol. The second-order valence-corrected chi connectivity index (χ2v) is 7.76. The molecule has 5 nitrogen and oxygen atoms in total. The molecule has 2 heterocycles. The van der Waals surface area contributed by atoms with Crippen LogP contribution in [0, 0.1) is 0 Å². The first-order valence-corrected chi connectivity index (χ1v) is 11.2. The summed E-state index contributed by atoms with van der Waals surface area (Å²) in [6.45, 7) is 7.79. The molecule has 2 aromatic heterocycles. The van der Waals surface area contributed by atoms with Gasteiger partial charge in [0.1, 0.15) is 17.7 Å². The minimum Gasteiger partial charge on any atom is -0.338 e. The van der Waals surface area contributed by atoms with Gasteiger partial charge in [0.25, 0.3) is 0 Å². The number of imidazole rings is 1. The molecule has 152 valence electrons. The van der Waals surface area contributed by atoms with Crippen molar-refractivity contribution in [2.75, 3.05) is 13.1 Å². The first-order chi connectivity index (χ1) is 13.3. The van der Waals surface area contributed by atoms with Crippen LogP contribution in [0.2, 0.25) is 0 Å². The van der Waals surface area contributed by atoms with Gasteiger partial charge in [-0.1, -0.05) is 78.1 Å². The summed E-state index contributed by atoms with van der Waals surface area (Å²) in [5, 5.41) is 0. The molecule has 2 aromatic rings. The van der Waals surface area contributed by atoms with Crippen molar-refractivity contribution >= 4 is 11.2 Å². The lowest BCUT2D eigenvalue weighted by Crippen LogP contribution is -2.26. The Labute approximate surface area is 165 Å². The number of fused-ring (bicyclic) bond motifs is 1. The fraction of sp³-hybridized carbons (Fsp3) is 0.773. The van der Waals surface area contributed by atoms with Crippen molar-refractivity contribution in [3.63, 3.8) is 0 Å². The average molecular weight is 374 g/mol. The summed E-state index contributed by atoms with van der Waals surface area (Å²) in [4.78, 5) is 18.9. The van der Waals surface area contributed by atoms with Crippen LogP contribution in [0.5, 0.6) is 0 Å². The second kappa shape index (κ2) is 13.6. The molecule has 0 aliphatic carbocycles. The van der Waals surface area contributed by atoms with E-state index in [1.54, 1.807) is 6.33 Å². The molecule has 0 amide bonds. The molecule has 0 unspecified atom stereocenters. The Bertz CT molecular complexity index is 561. The molecule has 1 N–H and O–H groups in total. The second-order valence-electron chi connectivity index (χ2n) is 7.76. The van der Waals surface area contributed by atoms with E-state index in [1.807, 2.05) is 6.20 Å². The molecular weight excluding hydrogens is 334 g/mol. The van der Waals surface area contributed by atoms with E-state index in [0.29, 0.717) is 0 Å². The van der Waals surface area contributed by atoms with Crippen LogP contribution >= 0.6 is 0 Å². The number of hydrogen-bond acceptors (Lipinski definition) is 4. The average Bonchev–Trinajstić information content (AvgIpc) is 3.09. The maximum absolute atomic E-state index is 4.64. The van der Waals surface area contributed by atoms with Gasteiger partial charge in [-0.25, -0.2) is 15.0 Å². The summed E-state index contributed by atoms with van der Waals surface area (Å²) < 4.78 is 0. The van der Waals surface area contributed by atoms with Crippen molar-refractivity contribution in [1.82, 2.24) is 24.8 Å². The molecule has 27 heavy (non-hydrogen) atoms. The van der Waals surface area contributed by atoms with E-state index in [1.165, 1.54) is 90.1 Å². The van der Waals surface area contributed by atoms with E-state index in [0.717, 1.165) is 23.5 Å². The third kappa shape index (κ3) is 8.83. The summed E-state index contributed by atoms with van der Waals surface area (Å²) in [5.74, 6) is 1.02. The quantitative estimate of drug-likeness (QED) is 0.373. The number of aromatic amines is 1. The third-order valence-electron chi connectivity index (χ3n) is 5.24. The molecule has 0 bridgehead atoms. The standard InChI is InChI=1S/C22H39N5/c1-3-5-7-9-11-13-15-27(16-14-12-10-8-6-4-2)18-21-25-20-17-23-19-24-22(20)26-21/h17,19H,3-16,18H2,1-2H3,(H,23,24,25,26). The van der Waals surface area contributed by atoms with E-state index >= 15 is 0 Å². The minimum absolute atomic E-state index is 0.777. The summed E-state index contributed by atoms with van der Waals surface area (Å²) >= 11 is 0. The molecule has 0 saturated heterocycles. The highest BCUT2D eigenvalue weighted by Gasteiger charge is 2.10. The van der Waals surface area contributed by atoms with Crippen LogP contribution in [0.15, 0.2) is 12.5 Å². The Hall–Kier alpha value is -1.49. The topological polar surface area (TPSA) is 57.7 Å². The first-order valence-electron chi connectivity index (χ1n) is 11.2. The predicted octanol–water partition coefficient (Wildman–Crippen LogP) is 5.88. The number of hydrogen-bond donors (Lipinski definition) is 1. The third-order valence-corrected chi connectivity index (χ3v) is 5.24. The normalized spacial score (nSPS) is 11.7. The largest absolute Gasteiger partial charge is 0.338 e.